The fourth-order valence-electron chi connectivity index (χ4n) is 4.69. The highest BCUT2D eigenvalue weighted by Crippen LogP contribution is 2.37. The van der Waals surface area contributed by atoms with Gasteiger partial charge in [0.25, 0.3) is 0 Å². The Morgan fingerprint density at radius 3 is 2.97 bits per heavy atom. The number of hydrogen-bond donors (Lipinski definition) is 1. The summed E-state index contributed by atoms with van der Waals surface area (Å²) in [6.45, 7) is 0.611. The molecule has 34 heavy (non-hydrogen) atoms. The van der Waals surface area contributed by atoms with Gasteiger partial charge in [-0.15, -0.1) is 0 Å². The van der Waals surface area contributed by atoms with E-state index in [1.54, 1.807) is 6.20 Å². The van der Waals surface area contributed by atoms with Gasteiger partial charge in [-0.2, -0.15) is 0 Å². The minimum absolute atomic E-state index is 0.0167. The monoisotopic (exact) mass is 471 g/mol. The third kappa shape index (κ3) is 4.05. The third-order valence-corrected chi connectivity index (χ3v) is 6.70. The van der Waals surface area contributed by atoms with Crippen LogP contribution in [0, 0.1) is 5.92 Å². The largest absolute Gasteiger partial charge is 0.493 e. The van der Waals surface area contributed by atoms with Crippen molar-refractivity contribution >= 4 is 34.6 Å². The summed E-state index contributed by atoms with van der Waals surface area (Å²) < 4.78 is 12.3. The van der Waals surface area contributed by atoms with Gasteiger partial charge >= 0.3 is 0 Å². The van der Waals surface area contributed by atoms with Gasteiger partial charge in [0, 0.05) is 47.5 Å². The van der Waals surface area contributed by atoms with Crippen molar-refractivity contribution in [2.75, 3.05) is 11.9 Å². The molecule has 6 nitrogen and oxygen atoms in total. The zero-order valence-corrected chi connectivity index (χ0v) is 19.1. The number of allylic oxidation sites excluding steroid dienone is 1. The van der Waals surface area contributed by atoms with E-state index in [9.17, 15) is 4.79 Å². The first kappa shape index (κ1) is 20.9. The summed E-state index contributed by atoms with van der Waals surface area (Å²) in [6, 6.07) is 15.6. The molecule has 0 spiro atoms. The van der Waals surface area contributed by atoms with Gasteiger partial charge in [0.1, 0.15) is 23.1 Å². The van der Waals surface area contributed by atoms with Crippen LogP contribution < -0.4 is 14.8 Å². The second-order valence-corrected chi connectivity index (χ2v) is 9.17. The zero-order valence-electron chi connectivity index (χ0n) is 18.4. The number of benzene rings is 2. The molecule has 170 valence electrons. The molecule has 1 N–H and O–H groups in total. The number of aliphatic imine (C=N–C) groups is 1. The number of amides is 1. The maximum Gasteiger partial charge on any atom is 0.225 e. The van der Waals surface area contributed by atoms with E-state index in [0.29, 0.717) is 31.0 Å². The maximum absolute atomic E-state index is 11.7. The summed E-state index contributed by atoms with van der Waals surface area (Å²) in [5, 5.41) is 3.54. The molecule has 1 aromatic heterocycles. The molecule has 6 rings (SSSR count). The number of ether oxygens (including phenoxy) is 2. The average Bonchev–Trinajstić information content (AvgIpc) is 3.34. The van der Waals surface area contributed by atoms with E-state index in [-0.39, 0.29) is 11.8 Å². The van der Waals surface area contributed by atoms with Gasteiger partial charge in [-0.3, -0.25) is 9.79 Å². The van der Waals surface area contributed by atoms with Gasteiger partial charge in [0.15, 0.2) is 0 Å². The number of aromatic nitrogens is 1. The minimum atomic E-state index is -0.0167. The number of nitrogens with one attached hydrogen (secondary N) is 1. The molecule has 0 saturated carbocycles. The molecule has 0 fully saturated rings. The molecule has 3 aliphatic heterocycles. The molecular formula is C27H22ClN3O3. The number of carbonyl (C=O) groups excluding carboxylic acids is 1. The van der Waals surface area contributed by atoms with E-state index in [4.69, 9.17) is 26.1 Å². The van der Waals surface area contributed by atoms with Crippen LogP contribution in [0.5, 0.6) is 17.2 Å². The van der Waals surface area contributed by atoms with Gasteiger partial charge in [0.2, 0.25) is 5.91 Å². The maximum atomic E-state index is 11.7. The zero-order chi connectivity index (χ0) is 23.1. The molecule has 7 heteroatoms. The van der Waals surface area contributed by atoms with Crippen molar-refractivity contribution in [3.8, 4) is 17.2 Å². The first-order chi connectivity index (χ1) is 16.6. The Morgan fingerprint density at radius 2 is 2.06 bits per heavy atom. The Kier molecular flexibility index (Phi) is 5.30. The van der Waals surface area contributed by atoms with E-state index in [1.807, 2.05) is 48.7 Å². The molecule has 3 aliphatic rings. The molecule has 0 saturated heterocycles. The fraction of sp³-hybridized carbons (Fsp3) is 0.222. The first-order valence-corrected chi connectivity index (χ1v) is 11.7. The highest BCUT2D eigenvalue weighted by molar-refractivity contribution is 6.30. The Labute approximate surface area is 202 Å². The van der Waals surface area contributed by atoms with Crippen LogP contribution in [0.15, 0.2) is 65.9 Å². The predicted molar refractivity (Wildman–Crippen MR) is 132 cm³/mol. The van der Waals surface area contributed by atoms with Crippen molar-refractivity contribution in [1.82, 2.24) is 4.98 Å². The lowest BCUT2D eigenvalue weighted by molar-refractivity contribution is -0.116. The normalized spacial score (nSPS) is 18.7. The lowest BCUT2D eigenvalue weighted by Gasteiger charge is -2.26. The Morgan fingerprint density at radius 1 is 1.12 bits per heavy atom. The molecule has 0 aliphatic carbocycles. The Balaban J connectivity index is 1.18. The van der Waals surface area contributed by atoms with Gasteiger partial charge in [-0.05, 0) is 65.9 Å². The molecular weight excluding hydrogens is 450 g/mol. The van der Waals surface area contributed by atoms with E-state index in [0.717, 1.165) is 51.8 Å². The third-order valence-electron chi connectivity index (χ3n) is 6.46. The summed E-state index contributed by atoms with van der Waals surface area (Å²) in [6.07, 6.45) is 6.28. The van der Waals surface area contributed by atoms with Crippen LogP contribution in [0.4, 0.5) is 5.82 Å². The molecule has 1 atom stereocenters. The molecule has 1 unspecified atom stereocenters. The van der Waals surface area contributed by atoms with Gasteiger partial charge < -0.3 is 14.8 Å². The van der Waals surface area contributed by atoms with Crippen LogP contribution in [0.2, 0.25) is 5.02 Å². The van der Waals surface area contributed by atoms with Crippen LogP contribution >= 0.6 is 11.6 Å². The summed E-state index contributed by atoms with van der Waals surface area (Å²) in [5.41, 5.74) is 5.44. The highest BCUT2D eigenvalue weighted by Gasteiger charge is 2.28. The number of hydrogen-bond acceptors (Lipinski definition) is 5. The topological polar surface area (TPSA) is 72.8 Å². The number of carbonyl (C=O) groups is 1. The van der Waals surface area contributed by atoms with Crippen molar-refractivity contribution in [2.45, 2.75) is 25.7 Å². The smallest absolute Gasteiger partial charge is 0.225 e. The molecule has 0 radical (unpaired) electrons. The number of rotatable bonds is 4. The number of pyridine rings is 1. The van der Waals surface area contributed by atoms with Gasteiger partial charge in [-0.1, -0.05) is 23.7 Å². The lowest BCUT2D eigenvalue weighted by Crippen LogP contribution is -2.27. The average molecular weight is 472 g/mol. The number of halogens is 1. The quantitative estimate of drug-likeness (QED) is 0.518. The van der Waals surface area contributed by atoms with E-state index in [1.165, 1.54) is 5.57 Å². The number of anilines is 1. The van der Waals surface area contributed by atoms with Crippen LogP contribution in [0.3, 0.4) is 0 Å². The van der Waals surface area contributed by atoms with Crippen molar-refractivity contribution in [3.63, 3.8) is 0 Å². The minimum Gasteiger partial charge on any atom is -0.493 e. The summed E-state index contributed by atoms with van der Waals surface area (Å²) >= 11 is 6.16. The Bertz CT molecular complexity index is 1360. The first-order valence-electron chi connectivity index (χ1n) is 11.4. The van der Waals surface area contributed by atoms with Crippen molar-refractivity contribution in [2.24, 2.45) is 10.9 Å². The van der Waals surface area contributed by atoms with Crippen LogP contribution in [-0.4, -0.2) is 23.2 Å². The van der Waals surface area contributed by atoms with E-state index >= 15 is 0 Å². The van der Waals surface area contributed by atoms with Crippen LogP contribution in [-0.2, 0) is 17.6 Å². The number of nitrogens with zero attached hydrogens (tertiary/aromatic N) is 2. The van der Waals surface area contributed by atoms with Gasteiger partial charge in [-0.25, -0.2) is 4.98 Å². The van der Waals surface area contributed by atoms with Crippen molar-refractivity contribution in [1.29, 1.82) is 0 Å². The summed E-state index contributed by atoms with van der Waals surface area (Å²) in [4.78, 5) is 20.7. The molecule has 3 aromatic rings. The van der Waals surface area contributed by atoms with E-state index < -0.39 is 0 Å². The van der Waals surface area contributed by atoms with Crippen LogP contribution in [0.25, 0.3) is 5.57 Å². The summed E-state index contributed by atoms with van der Waals surface area (Å²) in [5.74, 6) is 3.11. The van der Waals surface area contributed by atoms with Gasteiger partial charge in [0.05, 0.1) is 6.61 Å². The molecule has 0 bridgehead atoms. The second-order valence-electron chi connectivity index (χ2n) is 8.73. The molecule has 1 amide bonds. The predicted octanol–water partition coefficient (Wildman–Crippen LogP) is 5.85. The summed E-state index contributed by atoms with van der Waals surface area (Å²) in [7, 11) is 0. The fourth-order valence-corrected chi connectivity index (χ4v) is 4.88. The van der Waals surface area contributed by atoms with Crippen LogP contribution in [0.1, 0.15) is 29.5 Å². The van der Waals surface area contributed by atoms with Crippen molar-refractivity contribution in [3.05, 3.63) is 82.6 Å². The standard InChI is InChI=1S/C27H22ClN3O3/c28-20-3-1-2-16(11-20)18-13-23(30-14-18)19-10-17-12-21(4-6-24(17)33-15-19)34-25-8-9-29-27-22(25)5-7-26(32)31-27/h1-4,6,8-9,11-12,14,19H,5,7,10,13,15H2,(H,29,31,32). The molecule has 2 aromatic carbocycles. The lowest BCUT2D eigenvalue weighted by atomic mass is 9.89. The Hall–Kier alpha value is -3.64. The second kappa shape index (κ2) is 8.61. The van der Waals surface area contributed by atoms with Crippen molar-refractivity contribution < 1.29 is 14.3 Å². The number of fused-ring (bicyclic) bond motifs is 2. The van der Waals surface area contributed by atoms with E-state index in [2.05, 4.69) is 16.4 Å². The highest BCUT2D eigenvalue weighted by atomic mass is 35.5. The molecule has 4 heterocycles. The SMILES string of the molecule is O=C1CCc2c(Oc3ccc4c(c3)CC(C3=NC=C(c5cccc(Cl)c5)C3)CO4)ccnc2N1.